The first-order valence-corrected chi connectivity index (χ1v) is 7.49. The number of hydrogen-bond donors (Lipinski definition) is 1. The molecule has 0 amide bonds. The lowest BCUT2D eigenvalue weighted by Crippen LogP contribution is -2.24. The molecule has 1 heterocycles. The van der Waals surface area contributed by atoms with Crippen LogP contribution in [0.1, 0.15) is 35.5 Å². The third-order valence-corrected chi connectivity index (χ3v) is 4.20. The number of nitrogens with zero attached hydrogens (tertiary/aromatic N) is 2. The molecule has 0 saturated heterocycles. The van der Waals surface area contributed by atoms with Crippen LogP contribution >= 0.6 is 11.6 Å². The first kappa shape index (κ1) is 16.0. The summed E-state index contributed by atoms with van der Waals surface area (Å²) in [5.74, 6) is -0.178. The topological polar surface area (TPSA) is 29.9 Å². The first-order valence-electron chi connectivity index (χ1n) is 7.11. The summed E-state index contributed by atoms with van der Waals surface area (Å²) in [4.78, 5) is 0. The molecule has 2 rings (SSSR count). The second kappa shape index (κ2) is 6.58. The summed E-state index contributed by atoms with van der Waals surface area (Å²) < 4.78 is 15.6. The molecular formula is C16H21ClFN3. The Kier molecular flexibility index (Phi) is 5.01. The Morgan fingerprint density at radius 3 is 2.62 bits per heavy atom. The average molecular weight is 310 g/mol. The van der Waals surface area contributed by atoms with E-state index in [0.29, 0.717) is 17.0 Å². The Morgan fingerprint density at radius 1 is 1.38 bits per heavy atom. The van der Waals surface area contributed by atoms with Gasteiger partial charge in [-0.25, -0.2) is 4.39 Å². The zero-order valence-electron chi connectivity index (χ0n) is 12.9. The second-order valence-corrected chi connectivity index (χ2v) is 5.67. The van der Waals surface area contributed by atoms with Crippen LogP contribution in [0.25, 0.3) is 0 Å². The van der Waals surface area contributed by atoms with Gasteiger partial charge in [0.05, 0.1) is 16.4 Å². The van der Waals surface area contributed by atoms with Gasteiger partial charge < -0.3 is 5.32 Å². The summed E-state index contributed by atoms with van der Waals surface area (Å²) in [7, 11) is 1.88. The second-order valence-electron chi connectivity index (χ2n) is 5.29. The van der Waals surface area contributed by atoms with E-state index in [4.69, 9.17) is 11.6 Å². The zero-order chi connectivity index (χ0) is 15.6. The van der Waals surface area contributed by atoms with E-state index in [1.54, 1.807) is 17.7 Å². The first-order chi connectivity index (χ1) is 9.93. The number of rotatable bonds is 5. The van der Waals surface area contributed by atoms with Gasteiger partial charge in [-0.2, -0.15) is 5.10 Å². The number of hydrogen-bond acceptors (Lipinski definition) is 2. The van der Waals surface area contributed by atoms with Crippen molar-refractivity contribution in [3.05, 3.63) is 51.6 Å². The van der Waals surface area contributed by atoms with E-state index >= 15 is 0 Å². The van der Waals surface area contributed by atoms with Crippen LogP contribution in [-0.4, -0.2) is 16.3 Å². The van der Waals surface area contributed by atoms with Crippen molar-refractivity contribution in [3.63, 3.8) is 0 Å². The van der Waals surface area contributed by atoms with Gasteiger partial charge in [-0.15, -0.1) is 0 Å². The lowest BCUT2D eigenvalue weighted by atomic mass is 10.00. The molecule has 0 spiro atoms. The molecule has 0 radical (unpaired) electrons. The molecule has 0 saturated carbocycles. The van der Waals surface area contributed by atoms with Crippen molar-refractivity contribution in [1.82, 2.24) is 15.1 Å². The third kappa shape index (κ3) is 3.44. The SMILES string of the molecule is CCNC(Cc1c(Cl)c(C)nn1C)c1ccc(C)c(F)c1. The van der Waals surface area contributed by atoms with Crippen LogP contribution in [0.2, 0.25) is 5.02 Å². The van der Waals surface area contributed by atoms with E-state index in [-0.39, 0.29) is 11.9 Å². The van der Waals surface area contributed by atoms with Crippen molar-refractivity contribution in [1.29, 1.82) is 0 Å². The molecule has 0 bridgehead atoms. The average Bonchev–Trinajstić information content (AvgIpc) is 2.68. The van der Waals surface area contributed by atoms with Gasteiger partial charge in [-0.05, 0) is 37.6 Å². The maximum Gasteiger partial charge on any atom is 0.126 e. The largest absolute Gasteiger partial charge is 0.310 e. The van der Waals surface area contributed by atoms with E-state index in [0.717, 1.165) is 23.5 Å². The molecule has 0 aliphatic heterocycles. The van der Waals surface area contributed by atoms with Crippen LogP contribution < -0.4 is 5.32 Å². The highest BCUT2D eigenvalue weighted by molar-refractivity contribution is 6.31. The van der Waals surface area contributed by atoms with Gasteiger partial charge in [0.2, 0.25) is 0 Å². The highest BCUT2D eigenvalue weighted by Crippen LogP contribution is 2.26. The lowest BCUT2D eigenvalue weighted by Gasteiger charge is -2.19. The van der Waals surface area contributed by atoms with Crippen molar-refractivity contribution < 1.29 is 4.39 Å². The van der Waals surface area contributed by atoms with Crippen LogP contribution in [0, 0.1) is 19.7 Å². The molecule has 0 aliphatic carbocycles. The zero-order valence-corrected chi connectivity index (χ0v) is 13.6. The van der Waals surface area contributed by atoms with E-state index in [2.05, 4.69) is 10.4 Å². The van der Waals surface area contributed by atoms with Gasteiger partial charge in [0, 0.05) is 19.5 Å². The van der Waals surface area contributed by atoms with Gasteiger partial charge in [0.15, 0.2) is 0 Å². The standard InChI is InChI=1S/C16H21ClFN3/c1-5-19-14(12-7-6-10(2)13(18)8-12)9-15-16(17)11(3)20-21(15)4/h6-8,14,19H,5,9H2,1-4H3. The minimum absolute atomic E-state index is 0.0115. The van der Waals surface area contributed by atoms with Crippen molar-refractivity contribution in [2.75, 3.05) is 6.54 Å². The van der Waals surface area contributed by atoms with Crippen LogP contribution in [0.5, 0.6) is 0 Å². The summed E-state index contributed by atoms with van der Waals surface area (Å²) >= 11 is 6.32. The molecule has 114 valence electrons. The highest BCUT2D eigenvalue weighted by atomic mass is 35.5. The van der Waals surface area contributed by atoms with E-state index in [9.17, 15) is 4.39 Å². The lowest BCUT2D eigenvalue weighted by molar-refractivity contribution is 0.523. The van der Waals surface area contributed by atoms with Gasteiger partial charge in [0.25, 0.3) is 0 Å². The Morgan fingerprint density at radius 2 is 2.10 bits per heavy atom. The summed E-state index contributed by atoms with van der Waals surface area (Å²) in [5, 5.41) is 8.41. The molecule has 2 aromatic rings. The Hall–Kier alpha value is -1.39. The minimum Gasteiger partial charge on any atom is -0.310 e. The number of nitrogens with one attached hydrogen (secondary N) is 1. The van der Waals surface area contributed by atoms with Crippen LogP contribution in [0.4, 0.5) is 4.39 Å². The third-order valence-electron chi connectivity index (χ3n) is 3.71. The fraction of sp³-hybridized carbons (Fsp3) is 0.438. The number of likely N-dealkylation sites (N-methyl/N-ethyl adjacent to an activating group) is 1. The molecule has 1 atom stereocenters. The summed E-state index contributed by atoms with van der Waals surface area (Å²) in [6.45, 7) is 6.49. The Bertz CT molecular complexity index is 637. The molecule has 1 aromatic heterocycles. The highest BCUT2D eigenvalue weighted by Gasteiger charge is 2.18. The number of halogens is 2. The van der Waals surface area contributed by atoms with Crippen LogP contribution in [0.15, 0.2) is 18.2 Å². The number of aryl methyl sites for hydroxylation is 3. The summed E-state index contributed by atoms with van der Waals surface area (Å²) in [6, 6.07) is 5.38. The minimum atomic E-state index is -0.178. The maximum atomic E-state index is 13.8. The van der Waals surface area contributed by atoms with Gasteiger partial charge >= 0.3 is 0 Å². The van der Waals surface area contributed by atoms with Gasteiger partial charge in [-0.3, -0.25) is 4.68 Å². The molecule has 0 fully saturated rings. The quantitative estimate of drug-likeness (QED) is 0.912. The molecule has 21 heavy (non-hydrogen) atoms. The molecule has 5 heteroatoms. The summed E-state index contributed by atoms with van der Waals surface area (Å²) in [6.07, 6.45) is 0.673. The fourth-order valence-corrected chi connectivity index (χ4v) is 2.71. The number of benzene rings is 1. The number of aromatic nitrogens is 2. The smallest absolute Gasteiger partial charge is 0.126 e. The van der Waals surface area contributed by atoms with Gasteiger partial charge in [-0.1, -0.05) is 30.7 Å². The monoisotopic (exact) mass is 309 g/mol. The molecule has 1 N–H and O–H groups in total. The molecule has 0 aliphatic rings. The van der Waals surface area contributed by atoms with E-state index in [1.165, 1.54) is 0 Å². The molecular weight excluding hydrogens is 289 g/mol. The van der Waals surface area contributed by atoms with Crippen LogP contribution in [0.3, 0.4) is 0 Å². The normalized spacial score (nSPS) is 12.7. The van der Waals surface area contributed by atoms with Crippen LogP contribution in [-0.2, 0) is 13.5 Å². The van der Waals surface area contributed by atoms with E-state index in [1.807, 2.05) is 33.0 Å². The predicted molar refractivity (Wildman–Crippen MR) is 84.2 cm³/mol. The fourth-order valence-electron chi connectivity index (χ4n) is 2.48. The predicted octanol–water partition coefficient (Wildman–Crippen LogP) is 3.72. The molecule has 1 unspecified atom stereocenters. The van der Waals surface area contributed by atoms with Crippen molar-refractivity contribution in [2.24, 2.45) is 7.05 Å². The van der Waals surface area contributed by atoms with Crippen molar-refractivity contribution in [2.45, 2.75) is 33.2 Å². The summed E-state index contributed by atoms with van der Waals surface area (Å²) in [5.41, 5.74) is 3.36. The Balaban J connectivity index is 2.32. The van der Waals surface area contributed by atoms with E-state index < -0.39 is 0 Å². The van der Waals surface area contributed by atoms with Gasteiger partial charge in [0.1, 0.15) is 5.82 Å². The van der Waals surface area contributed by atoms with Crippen molar-refractivity contribution >= 4 is 11.6 Å². The van der Waals surface area contributed by atoms with Crippen molar-refractivity contribution in [3.8, 4) is 0 Å². The molecule has 1 aromatic carbocycles. The molecule has 3 nitrogen and oxygen atoms in total. The maximum absolute atomic E-state index is 13.8. The Labute approximate surface area is 130 Å².